The lowest BCUT2D eigenvalue weighted by atomic mass is 9.84. The molecule has 0 saturated heterocycles. The zero-order valence-electron chi connectivity index (χ0n) is 13.6. The Hall–Kier alpha value is -2.33. The normalized spacial score (nSPS) is 27.9. The molecule has 0 aliphatic heterocycles. The number of amides is 1. The molecular weight excluding hydrogens is 298 g/mol. The predicted octanol–water partition coefficient (Wildman–Crippen LogP) is 3.74. The Labute approximate surface area is 142 Å². The van der Waals surface area contributed by atoms with E-state index in [1.807, 2.05) is 54.6 Å². The quantitative estimate of drug-likeness (QED) is 0.803. The molecule has 4 rings (SSSR count). The van der Waals surface area contributed by atoms with Gasteiger partial charge in [-0.05, 0) is 61.4 Å². The minimum Gasteiger partial charge on any atom is -0.355 e. The maximum Gasteiger partial charge on any atom is 0.229 e. The maximum absolute atomic E-state index is 12.7. The number of benzene rings is 2. The Balaban J connectivity index is 1.45. The van der Waals surface area contributed by atoms with Crippen molar-refractivity contribution in [1.29, 1.82) is 0 Å². The van der Waals surface area contributed by atoms with Crippen LogP contribution in [0, 0.1) is 17.8 Å². The van der Waals surface area contributed by atoms with Crippen molar-refractivity contribution in [2.75, 3.05) is 10.6 Å². The van der Waals surface area contributed by atoms with Gasteiger partial charge in [-0.25, -0.2) is 0 Å². The number of hydrogen-bond donors (Lipinski definition) is 3. The van der Waals surface area contributed by atoms with Crippen LogP contribution in [0.2, 0.25) is 0 Å². The van der Waals surface area contributed by atoms with Crippen LogP contribution in [0.25, 0.3) is 0 Å². The van der Waals surface area contributed by atoms with Gasteiger partial charge in [-0.1, -0.05) is 24.3 Å². The van der Waals surface area contributed by atoms with Gasteiger partial charge in [0, 0.05) is 23.1 Å². The summed E-state index contributed by atoms with van der Waals surface area (Å²) in [4.78, 5) is 12.7. The predicted molar refractivity (Wildman–Crippen MR) is 97.1 cm³/mol. The maximum atomic E-state index is 12.7. The Kier molecular flexibility index (Phi) is 3.98. The van der Waals surface area contributed by atoms with Gasteiger partial charge in [0.25, 0.3) is 0 Å². The average molecular weight is 321 g/mol. The number of hydrogen-bond acceptors (Lipinski definition) is 3. The summed E-state index contributed by atoms with van der Waals surface area (Å²) in [6.45, 7) is 0. The van der Waals surface area contributed by atoms with Crippen LogP contribution in [0.4, 0.5) is 17.1 Å². The first-order valence-electron chi connectivity index (χ1n) is 8.69. The summed E-state index contributed by atoms with van der Waals surface area (Å²) in [7, 11) is 0. The van der Waals surface area contributed by atoms with Gasteiger partial charge in [0.05, 0.1) is 5.92 Å². The molecule has 4 unspecified atom stereocenters. The zero-order chi connectivity index (χ0) is 16.5. The van der Waals surface area contributed by atoms with Gasteiger partial charge in [-0.2, -0.15) is 0 Å². The molecule has 0 aromatic heterocycles. The largest absolute Gasteiger partial charge is 0.355 e. The van der Waals surface area contributed by atoms with Crippen LogP contribution in [0.1, 0.15) is 19.3 Å². The molecule has 2 aromatic rings. The first kappa shape index (κ1) is 15.2. The topological polar surface area (TPSA) is 67.2 Å². The van der Waals surface area contributed by atoms with Gasteiger partial charge < -0.3 is 16.4 Å². The average Bonchev–Trinajstić information content (AvgIpc) is 3.17. The lowest BCUT2D eigenvalue weighted by molar-refractivity contribution is -0.121. The van der Waals surface area contributed by atoms with E-state index in [-0.39, 0.29) is 17.9 Å². The van der Waals surface area contributed by atoms with Gasteiger partial charge in [-0.15, -0.1) is 0 Å². The van der Waals surface area contributed by atoms with Crippen LogP contribution in [-0.4, -0.2) is 11.9 Å². The molecule has 2 aliphatic carbocycles. The minimum atomic E-state index is -0.0329. The highest BCUT2D eigenvalue weighted by molar-refractivity contribution is 5.94. The molecular formula is C20H23N3O. The first-order valence-corrected chi connectivity index (χ1v) is 8.69. The Morgan fingerprint density at radius 3 is 2.38 bits per heavy atom. The molecule has 2 saturated carbocycles. The van der Waals surface area contributed by atoms with Crippen molar-refractivity contribution < 1.29 is 4.79 Å². The number of anilines is 3. The molecule has 124 valence electrons. The Morgan fingerprint density at radius 1 is 0.917 bits per heavy atom. The van der Waals surface area contributed by atoms with Gasteiger partial charge in [-0.3, -0.25) is 4.79 Å². The van der Waals surface area contributed by atoms with E-state index in [9.17, 15) is 4.79 Å². The summed E-state index contributed by atoms with van der Waals surface area (Å²) < 4.78 is 0. The number of carbonyl (C=O) groups excluding carboxylic acids is 1. The van der Waals surface area contributed by atoms with Crippen LogP contribution in [0.15, 0.2) is 54.6 Å². The molecule has 2 aliphatic rings. The van der Waals surface area contributed by atoms with Crippen molar-refractivity contribution >= 4 is 23.0 Å². The lowest BCUT2D eigenvalue weighted by Crippen LogP contribution is -2.42. The van der Waals surface area contributed by atoms with Gasteiger partial charge in [0.2, 0.25) is 5.91 Å². The second-order valence-corrected chi connectivity index (χ2v) is 7.00. The zero-order valence-corrected chi connectivity index (χ0v) is 13.6. The van der Waals surface area contributed by atoms with Crippen molar-refractivity contribution in [3.63, 3.8) is 0 Å². The molecule has 4 nitrogen and oxygen atoms in total. The fourth-order valence-electron chi connectivity index (χ4n) is 4.31. The number of carbonyl (C=O) groups is 1. The molecule has 1 amide bonds. The minimum absolute atomic E-state index is 0.0226. The lowest BCUT2D eigenvalue weighted by Gasteiger charge is -2.27. The monoisotopic (exact) mass is 321 g/mol. The second kappa shape index (κ2) is 6.29. The van der Waals surface area contributed by atoms with Crippen molar-refractivity contribution in [2.24, 2.45) is 23.5 Å². The van der Waals surface area contributed by atoms with E-state index >= 15 is 0 Å². The molecule has 0 heterocycles. The summed E-state index contributed by atoms with van der Waals surface area (Å²) in [6.07, 6.45) is 3.45. The standard InChI is InChI=1S/C20H23N3O/c21-19-14-10-9-13(11-14)18(19)20(24)23-17-8-4-7-16(12-17)22-15-5-2-1-3-6-15/h1-8,12-14,18-19,22H,9-11,21H2,(H,23,24). The summed E-state index contributed by atoms with van der Waals surface area (Å²) >= 11 is 0. The third-order valence-corrected chi connectivity index (χ3v) is 5.48. The van der Waals surface area contributed by atoms with Gasteiger partial charge in [0.15, 0.2) is 0 Å². The van der Waals surface area contributed by atoms with E-state index in [4.69, 9.17) is 5.73 Å². The van der Waals surface area contributed by atoms with E-state index in [1.165, 1.54) is 6.42 Å². The number of fused-ring (bicyclic) bond motifs is 2. The van der Waals surface area contributed by atoms with Crippen molar-refractivity contribution in [3.05, 3.63) is 54.6 Å². The summed E-state index contributed by atoms with van der Waals surface area (Å²) in [5.41, 5.74) is 9.07. The van der Waals surface area contributed by atoms with Crippen molar-refractivity contribution in [2.45, 2.75) is 25.3 Å². The van der Waals surface area contributed by atoms with Gasteiger partial charge in [0.1, 0.15) is 0 Å². The smallest absolute Gasteiger partial charge is 0.229 e. The number of nitrogens with one attached hydrogen (secondary N) is 2. The molecule has 2 aromatic carbocycles. The molecule has 2 bridgehead atoms. The van der Waals surface area contributed by atoms with Crippen LogP contribution < -0.4 is 16.4 Å². The Bertz CT molecular complexity index is 729. The van der Waals surface area contributed by atoms with Crippen LogP contribution >= 0.6 is 0 Å². The highest BCUT2D eigenvalue weighted by Crippen LogP contribution is 2.47. The molecule has 2 fully saturated rings. The third-order valence-electron chi connectivity index (χ3n) is 5.48. The second-order valence-electron chi connectivity index (χ2n) is 7.00. The summed E-state index contributed by atoms with van der Waals surface area (Å²) in [5.74, 6) is 1.05. The number of rotatable bonds is 4. The molecule has 0 spiro atoms. The molecule has 4 atom stereocenters. The highest BCUT2D eigenvalue weighted by atomic mass is 16.2. The fourth-order valence-corrected chi connectivity index (χ4v) is 4.31. The van der Waals surface area contributed by atoms with Crippen molar-refractivity contribution in [3.8, 4) is 0 Å². The molecule has 0 radical (unpaired) electrons. The molecule has 4 heteroatoms. The third kappa shape index (κ3) is 2.89. The first-order chi connectivity index (χ1) is 11.7. The SMILES string of the molecule is NC1C2CCC(C2)C1C(=O)Nc1cccc(Nc2ccccc2)c1. The van der Waals surface area contributed by atoms with Crippen LogP contribution in [0.5, 0.6) is 0 Å². The molecule has 4 N–H and O–H groups in total. The number of para-hydroxylation sites is 1. The number of nitrogens with two attached hydrogens (primary N) is 1. The fraction of sp³-hybridized carbons (Fsp3) is 0.350. The summed E-state index contributed by atoms with van der Waals surface area (Å²) in [5, 5.41) is 6.41. The van der Waals surface area contributed by atoms with Crippen LogP contribution in [-0.2, 0) is 4.79 Å². The highest BCUT2D eigenvalue weighted by Gasteiger charge is 2.49. The van der Waals surface area contributed by atoms with Gasteiger partial charge >= 0.3 is 0 Å². The van der Waals surface area contributed by atoms with Crippen LogP contribution in [0.3, 0.4) is 0 Å². The van der Waals surface area contributed by atoms with Crippen molar-refractivity contribution in [1.82, 2.24) is 0 Å². The molecule has 24 heavy (non-hydrogen) atoms. The van der Waals surface area contributed by atoms with E-state index in [2.05, 4.69) is 10.6 Å². The van der Waals surface area contributed by atoms with E-state index in [1.54, 1.807) is 0 Å². The Morgan fingerprint density at radius 2 is 1.62 bits per heavy atom. The van der Waals surface area contributed by atoms with E-state index in [0.29, 0.717) is 11.8 Å². The van der Waals surface area contributed by atoms with E-state index < -0.39 is 0 Å². The van der Waals surface area contributed by atoms with E-state index in [0.717, 1.165) is 29.9 Å². The summed E-state index contributed by atoms with van der Waals surface area (Å²) in [6, 6.07) is 17.8.